The van der Waals surface area contributed by atoms with E-state index in [1.54, 1.807) is 34.0 Å². The Hall–Kier alpha value is -4.37. The number of benzene rings is 3. The van der Waals surface area contributed by atoms with Gasteiger partial charge in [0, 0.05) is 13.6 Å². The SMILES string of the molecule is COc1ccc(CNC(=O)N2[C@H]3CN(C(C)c4ccccc4)C(=O)[C@H](c4ccccc4)N3C(=O)CN2C)cc1. The van der Waals surface area contributed by atoms with Gasteiger partial charge in [-0.2, -0.15) is 0 Å². The van der Waals surface area contributed by atoms with Gasteiger partial charge in [0.1, 0.15) is 18.0 Å². The quantitative estimate of drug-likeness (QED) is 0.530. The molecule has 2 aliphatic heterocycles. The number of rotatable bonds is 6. The Bertz CT molecular complexity index is 1320. The number of methoxy groups -OCH3 is 1. The van der Waals surface area contributed by atoms with Crippen molar-refractivity contribution < 1.29 is 19.1 Å². The van der Waals surface area contributed by atoms with Gasteiger partial charge in [-0.15, -0.1) is 0 Å². The topological polar surface area (TPSA) is 85.4 Å². The number of carbonyl (C=O) groups excluding carboxylic acids is 3. The number of hydrogen-bond acceptors (Lipinski definition) is 5. The van der Waals surface area contributed by atoms with Gasteiger partial charge in [-0.1, -0.05) is 72.8 Å². The summed E-state index contributed by atoms with van der Waals surface area (Å²) in [4.78, 5) is 44.5. The van der Waals surface area contributed by atoms with Gasteiger partial charge in [0.15, 0.2) is 0 Å². The normalized spacial score (nSPS) is 20.4. The maximum atomic E-state index is 14.1. The molecule has 5 rings (SSSR count). The number of fused-ring (bicyclic) bond motifs is 1. The summed E-state index contributed by atoms with van der Waals surface area (Å²) in [5, 5.41) is 6.19. The molecule has 0 aliphatic carbocycles. The van der Waals surface area contributed by atoms with E-state index in [2.05, 4.69) is 5.32 Å². The number of piperazine rings is 1. The number of ether oxygens (including phenoxy) is 1. The van der Waals surface area contributed by atoms with Gasteiger partial charge in [-0.3, -0.25) is 9.59 Å². The first kappa shape index (κ1) is 26.2. The monoisotopic (exact) mass is 527 g/mol. The molecule has 4 amide bonds. The largest absolute Gasteiger partial charge is 0.497 e. The van der Waals surface area contributed by atoms with E-state index in [0.717, 1.165) is 16.9 Å². The fourth-order valence-corrected chi connectivity index (χ4v) is 5.38. The summed E-state index contributed by atoms with van der Waals surface area (Å²) >= 11 is 0. The van der Waals surface area contributed by atoms with Gasteiger partial charge in [0.2, 0.25) is 5.91 Å². The van der Waals surface area contributed by atoms with Crippen LogP contribution in [0.15, 0.2) is 84.9 Å². The van der Waals surface area contributed by atoms with Crippen molar-refractivity contribution in [2.75, 3.05) is 27.2 Å². The zero-order valence-electron chi connectivity index (χ0n) is 22.4. The number of hydrazine groups is 1. The molecule has 2 fully saturated rings. The number of amides is 4. The van der Waals surface area contributed by atoms with Crippen LogP contribution in [0.4, 0.5) is 4.79 Å². The van der Waals surface area contributed by atoms with E-state index in [9.17, 15) is 14.4 Å². The Morgan fingerprint density at radius 2 is 1.62 bits per heavy atom. The summed E-state index contributed by atoms with van der Waals surface area (Å²) in [5.41, 5.74) is 2.61. The molecule has 2 heterocycles. The maximum Gasteiger partial charge on any atom is 0.334 e. The lowest BCUT2D eigenvalue weighted by molar-refractivity contribution is -0.189. The highest BCUT2D eigenvalue weighted by molar-refractivity contribution is 5.92. The Kier molecular flexibility index (Phi) is 7.51. The molecule has 2 saturated heterocycles. The average molecular weight is 528 g/mol. The second-order valence-corrected chi connectivity index (χ2v) is 9.84. The highest BCUT2D eigenvalue weighted by Crippen LogP contribution is 2.37. The molecule has 202 valence electrons. The van der Waals surface area contributed by atoms with Crippen LogP contribution < -0.4 is 10.1 Å². The maximum absolute atomic E-state index is 14.1. The molecule has 0 bridgehead atoms. The molecular weight excluding hydrogens is 494 g/mol. The van der Waals surface area contributed by atoms with Gasteiger partial charge in [-0.05, 0) is 35.7 Å². The van der Waals surface area contributed by atoms with Gasteiger partial charge in [0.05, 0.1) is 26.2 Å². The highest BCUT2D eigenvalue weighted by atomic mass is 16.5. The third-order valence-electron chi connectivity index (χ3n) is 7.45. The van der Waals surface area contributed by atoms with Crippen LogP contribution >= 0.6 is 0 Å². The molecule has 0 aromatic heterocycles. The van der Waals surface area contributed by atoms with Gasteiger partial charge < -0.3 is 19.9 Å². The molecule has 9 nitrogen and oxygen atoms in total. The standard InChI is InChI=1S/C30H33N5O4/c1-21(23-10-6-4-7-11-23)33-19-26-34(28(29(33)37)24-12-8-5-9-13-24)27(36)20-32(2)35(26)30(38)31-18-22-14-16-25(39-3)17-15-22/h4-17,21,26,28H,18-20H2,1-3H3,(H,31,38)/t21?,26-,28-/m0/s1. The molecule has 3 atom stereocenters. The minimum Gasteiger partial charge on any atom is -0.497 e. The van der Waals surface area contributed by atoms with Crippen LogP contribution in [0.3, 0.4) is 0 Å². The third-order valence-corrected chi connectivity index (χ3v) is 7.45. The van der Waals surface area contributed by atoms with Gasteiger partial charge in [-0.25, -0.2) is 14.8 Å². The third kappa shape index (κ3) is 5.18. The van der Waals surface area contributed by atoms with Crippen molar-refractivity contribution in [2.24, 2.45) is 0 Å². The highest BCUT2D eigenvalue weighted by Gasteiger charge is 2.52. The van der Waals surface area contributed by atoms with E-state index in [-0.39, 0.29) is 37.0 Å². The fraction of sp³-hybridized carbons (Fsp3) is 0.300. The number of nitrogens with one attached hydrogen (secondary N) is 1. The second-order valence-electron chi connectivity index (χ2n) is 9.84. The summed E-state index contributed by atoms with van der Waals surface area (Å²) < 4.78 is 5.22. The number of likely N-dealkylation sites (N-methyl/N-ethyl adjacent to an activating group) is 1. The van der Waals surface area contributed by atoms with Crippen LogP contribution in [0.2, 0.25) is 0 Å². The first-order valence-corrected chi connectivity index (χ1v) is 13.0. The van der Waals surface area contributed by atoms with Crippen molar-refractivity contribution in [3.05, 3.63) is 102 Å². The fourth-order valence-electron chi connectivity index (χ4n) is 5.38. The Morgan fingerprint density at radius 3 is 2.26 bits per heavy atom. The van der Waals surface area contributed by atoms with E-state index in [0.29, 0.717) is 12.1 Å². The lowest BCUT2D eigenvalue weighted by Crippen LogP contribution is -2.73. The summed E-state index contributed by atoms with van der Waals surface area (Å²) in [6, 6.07) is 25.1. The van der Waals surface area contributed by atoms with E-state index in [1.165, 1.54) is 0 Å². The molecule has 0 radical (unpaired) electrons. The number of urea groups is 1. The van der Waals surface area contributed by atoms with Crippen molar-refractivity contribution in [2.45, 2.75) is 31.7 Å². The molecule has 3 aromatic carbocycles. The van der Waals surface area contributed by atoms with Gasteiger partial charge in [0.25, 0.3) is 5.91 Å². The van der Waals surface area contributed by atoms with Gasteiger partial charge >= 0.3 is 6.03 Å². The molecule has 3 aromatic rings. The van der Waals surface area contributed by atoms with E-state index in [4.69, 9.17) is 4.74 Å². The van der Waals surface area contributed by atoms with E-state index in [1.807, 2.05) is 91.9 Å². The lowest BCUT2D eigenvalue weighted by Gasteiger charge is -2.55. The van der Waals surface area contributed by atoms with Crippen molar-refractivity contribution in [1.82, 2.24) is 25.1 Å². The van der Waals surface area contributed by atoms with Crippen molar-refractivity contribution >= 4 is 17.8 Å². The first-order valence-electron chi connectivity index (χ1n) is 13.0. The predicted molar refractivity (Wildman–Crippen MR) is 146 cm³/mol. The van der Waals surface area contributed by atoms with Crippen LogP contribution in [0.1, 0.15) is 35.7 Å². The summed E-state index contributed by atoms with van der Waals surface area (Å²) in [6.45, 7) is 2.45. The van der Waals surface area contributed by atoms with E-state index < -0.39 is 12.2 Å². The molecule has 0 spiro atoms. The first-order chi connectivity index (χ1) is 18.9. The zero-order valence-corrected chi connectivity index (χ0v) is 22.4. The van der Waals surface area contributed by atoms with Crippen LogP contribution in [0.5, 0.6) is 5.75 Å². The molecule has 1 N–H and O–H groups in total. The van der Waals surface area contributed by atoms with E-state index >= 15 is 0 Å². The van der Waals surface area contributed by atoms with Crippen molar-refractivity contribution in [1.29, 1.82) is 0 Å². The molecule has 39 heavy (non-hydrogen) atoms. The molecule has 1 unspecified atom stereocenters. The lowest BCUT2D eigenvalue weighted by atomic mass is 9.96. The zero-order chi connectivity index (χ0) is 27.5. The molecule has 2 aliphatic rings. The smallest absolute Gasteiger partial charge is 0.334 e. The summed E-state index contributed by atoms with van der Waals surface area (Å²) in [7, 11) is 3.33. The Morgan fingerprint density at radius 1 is 0.974 bits per heavy atom. The van der Waals surface area contributed by atoms with Crippen LogP contribution in [-0.4, -0.2) is 71.1 Å². The second kappa shape index (κ2) is 11.2. The van der Waals surface area contributed by atoms with Crippen molar-refractivity contribution in [3.63, 3.8) is 0 Å². The molecular formula is C30H33N5O4. The predicted octanol–water partition coefficient (Wildman–Crippen LogP) is 3.57. The van der Waals surface area contributed by atoms with Crippen LogP contribution in [0.25, 0.3) is 0 Å². The van der Waals surface area contributed by atoms with Crippen LogP contribution in [-0.2, 0) is 16.1 Å². The minimum absolute atomic E-state index is 0.0166. The minimum atomic E-state index is -0.839. The summed E-state index contributed by atoms with van der Waals surface area (Å²) in [6.07, 6.45) is -0.679. The number of carbonyl (C=O) groups is 3. The summed E-state index contributed by atoms with van der Waals surface area (Å²) in [5.74, 6) is 0.377. The average Bonchev–Trinajstić information content (AvgIpc) is 2.96. The molecule has 9 heteroatoms. The van der Waals surface area contributed by atoms with Crippen LogP contribution in [0, 0.1) is 0 Å². The number of hydrogen-bond donors (Lipinski definition) is 1. The Balaban J connectivity index is 1.47. The Labute approximate surface area is 228 Å². The number of nitrogens with zero attached hydrogens (tertiary/aromatic N) is 4. The van der Waals surface area contributed by atoms with Crippen molar-refractivity contribution in [3.8, 4) is 5.75 Å². The molecule has 0 saturated carbocycles.